The fourth-order valence-corrected chi connectivity index (χ4v) is 4.72. The molecule has 33 heavy (non-hydrogen) atoms. The van der Waals surface area contributed by atoms with Crippen LogP contribution in [0.25, 0.3) is 0 Å². The summed E-state index contributed by atoms with van der Waals surface area (Å²) in [6, 6.07) is 13.1. The zero-order valence-corrected chi connectivity index (χ0v) is 18.3. The van der Waals surface area contributed by atoms with Gasteiger partial charge in [0.05, 0.1) is 11.3 Å². The number of nitrogens with one attached hydrogen (secondary N) is 1. The Balaban J connectivity index is 1.43. The zero-order chi connectivity index (χ0) is 23.4. The monoisotopic (exact) mass is 452 g/mol. The Morgan fingerprint density at radius 2 is 1.52 bits per heavy atom. The number of hydrogen-bond acceptors (Lipinski definition) is 5. The molecule has 2 aliphatic rings. The Labute approximate surface area is 192 Å². The number of para-hydroxylation sites is 1. The molecule has 2 amide bonds. The first kappa shape index (κ1) is 22.8. The highest BCUT2D eigenvalue weighted by molar-refractivity contribution is 6.04. The zero-order valence-electron chi connectivity index (χ0n) is 18.3. The molecule has 2 aromatic carbocycles. The van der Waals surface area contributed by atoms with Gasteiger partial charge >= 0.3 is 0 Å². The summed E-state index contributed by atoms with van der Waals surface area (Å²) in [4.78, 5) is 41.4. The number of piperazine rings is 1. The normalized spacial score (nSPS) is 20.9. The molecule has 2 aromatic rings. The second kappa shape index (κ2) is 10.0. The van der Waals surface area contributed by atoms with Crippen LogP contribution < -0.4 is 15.3 Å². The molecule has 0 aromatic heterocycles. The molecule has 0 unspecified atom stereocenters. The van der Waals surface area contributed by atoms with E-state index in [0.717, 1.165) is 18.5 Å². The van der Waals surface area contributed by atoms with Gasteiger partial charge in [-0.05, 0) is 49.2 Å². The molecule has 1 N–H and O–H groups in total. The van der Waals surface area contributed by atoms with E-state index in [1.165, 1.54) is 12.1 Å². The highest BCUT2D eigenvalue weighted by Gasteiger charge is 2.32. The second-order valence-corrected chi connectivity index (χ2v) is 8.61. The molecule has 2 atom stereocenters. The molecule has 1 heterocycles. The summed E-state index contributed by atoms with van der Waals surface area (Å²) in [6.45, 7) is 2.21. The lowest BCUT2D eigenvalue weighted by Gasteiger charge is -2.36. The van der Waals surface area contributed by atoms with E-state index in [1.807, 2.05) is 0 Å². The van der Waals surface area contributed by atoms with Crippen molar-refractivity contribution in [1.29, 1.82) is 0 Å². The quantitative estimate of drug-likeness (QED) is 0.752. The van der Waals surface area contributed by atoms with Gasteiger partial charge in [-0.1, -0.05) is 25.0 Å². The van der Waals surface area contributed by atoms with E-state index in [-0.39, 0.29) is 17.6 Å². The molecule has 4 rings (SSSR count). The first-order valence-corrected chi connectivity index (χ1v) is 11.3. The van der Waals surface area contributed by atoms with Gasteiger partial charge in [-0.3, -0.25) is 9.59 Å². The molecule has 1 aliphatic heterocycles. The fourth-order valence-electron chi connectivity index (χ4n) is 4.72. The second-order valence-electron chi connectivity index (χ2n) is 8.61. The summed E-state index contributed by atoms with van der Waals surface area (Å²) in [5.41, 5.74) is 1.67. The van der Waals surface area contributed by atoms with Gasteiger partial charge in [-0.15, -0.1) is 0 Å². The van der Waals surface area contributed by atoms with Crippen molar-refractivity contribution in [1.82, 2.24) is 4.90 Å². The maximum Gasteiger partial charge on any atom is 0.256 e. The average Bonchev–Trinajstić information content (AvgIpc) is 2.84. The number of carboxylic acid groups (broad SMARTS) is 1. The molecule has 2 fully saturated rings. The van der Waals surface area contributed by atoms with Gasteiger partial charge in [0.25, 0.3) is 5.91 Å². The smallest absolute Gasteiger partial charge is 0.256 e. The van der Waals surface area contributed by atoms with Gasteiger partial charge in [0, 0.05) is 49.7 Å². The Bertz CT molecular complexity index is 1020. The lowest BCUT2D eigenvalue weighted by Crippen LogP contribution is -2.49. The molecule has 1 saturated heterocycles. The maximum atomic E-state index is 13.2. The van der Waals surface area contributed by atoms with Crippen LogP contribution in [0.1, 0.15) is 36.0 Å². The third-order valence-corrected chi connectivity index (χ3v) is 6.58. The number of carbonyl (C=O) groups excluding carboxylic acids is 3. The van der Waals surface area contributed by atoms with Crippen LogP contribution in [-0.2, 0) is 9.59 Å². The SMILES string of the molecule is O=C([O-])[C@H]1CCCC[C@@H]1C(=O)Nc1ccccc1C(=O)N1CCN(c2ccc(F)cc2)CC1. The molecular formula is C25H27FN3O4-. The van der Waals surface area contributed by atoms with Crippen molar-refractivity contribution in [2.45, 2.75) is 25.7 Å². The first-order chi connectivity index (χ1) is 15.9. The number of halogens is 1. The Hall–Kier alpha value is -3.42. The third-order valence-electron chi connectivity index (χ3n) is 6.58. The predicted octanol–water partition coefficient (Wildman–Crippen LogP) is 2.28. The number of amides is 2. The van der Waals surface area contributed by atoms with E-state index in [0.29, 0.717) is 50.3 Å². The Morgan fingerprint density at radius 3 is 2.18 bits per heavy atom. The molecular weight excluding hydrogens is 425 g/mol. The van der Waals surface area contributed by atoms with E-state index in [9.17, 15) is 23.9 Å². The summed E-state index contributed by atoms with van der Waals surface area (Å²) in [5.74, 6) is -3.52. The van der Waals surface area contributed by atoms with Crippen molar-refractivity contribution >= 4 is 29.2 Å². The van der Waals surface area contributed by atoms with E-state index in [4.69, 9.17) is 0 Å². The summed E-state index contributed by atoms with van der Waals surface area (Å²) in [7, 11) is 0. The van der Waals surface area contributed by atoms with Gasteiger partial charge < -0.3 is 25.0 Å². The van der Waals surface area contributed by atoms with Gasteiger partial charge in [0.2, 0.25) is 5.91 Å². The molecule has 7 nitrogen and oxygen atoms in total. The van der Waals surface area contributed by atoms with Gasteiger partial charge in [0.1, 0.15) is 5.82 Å². The minimum Gasteiger partial charge on any atom is -0.550 e. The summed E-state index contributed by atoms with van der Waals surface area (Å²) >= 11 is 0. The van der Waals surface area contributed by atoms with Crippen LogP contribution in [0.4, 0.5) is 15.8 Å². The molecule has 174 valence electrons. The van der Waals surface area contributed by atoms with Crippen molar-refractivity contribution in [3.05, 3.63) is 59.9 Å². The van der Waals surface area contributed by atoms with E-state index >= 15 is 0 Å². The molecule has 0 spiro atoms. The summed E-state index contributed by atoms with van der Waals surface area (Å²) in [6.07, 6.45) is 2.48. The Kier molecular flexibility index (Phi) is 6.91. The molecule has 0 radical (unpaired) electrons. The minimum atomic E-state index is -1.20. The maximum absolute atomic E-state index is 13.2. The molecule has 0 bridgehead atoms. The fraction of sp³-hybridized carbons (Fsp3) is 0.400. The topological polar surface area (TPSA) is 92.8 Å². The molecule has 1 aliphatic carbocycles. The molecule has 1 saturated carbocycles. The largest absolute Gasteiger partial charge is 0.550 e. The van der Waals surface area contributed by atoms with Crippen molar-refractivity contribution < 1.29 is 23.9 Å². The van der Waals surface area contributed by atoms with Crippen LogP contribution in [0.15, 0.2) is 48.5 Å². The van der Waals surface area contributed by atoms with Crippen LogP contribution in [0.5, 0.6) is 0 Å². The number of aliphatic carboxylic acids is 1. The first-order valence-electron chi connectivity index (χ1n) is 11.3. The average molecular weight is 453 g/mol. The minimum absolute atomic E-state index is 0.190. The van der Waals surface area contributed by atoms with Crippen LogP contribution in [0.3, 0.4) is 0 Å². The number of carboxylic acids is 1. The summed E-state index contributed by atoms with van der Waals surface area (Å²) in [5, 5.41) is 14.3. The van der Waals surface area contributed by atoms with Crippen molar-refractivity contribution in [2.75, 3.05) is 36.4 Å². The Morgan fingerprint density at radius 1 is 0.879 bits per heavy atom. The van der Waals surface area contributed by atoms with Crippen LogP contribution in [0, 0.1) is 17.7 Å². The van der Waals surface area contributed by atoms with E-state index < -0.39 is 17.8 Å². The lowest BCUT2D eigenvalue weighted by atomic mass is 9.78. The van der Waals surface area contributed by atoms with Crippen molar-refractivity contribution in [3.63, 3.8) is 0 Å². The number of rotatable bonds is 5. The van der Waals surface area contributed by atoms with Crippen molar-refractivity contribution in [3.8, 4) is 0 Å². The number of benzene rings is 2. The van der Waals surface area contributed by atoms with Crippen LogP contribution >= 0.6 is 0 Å². The number of hydrogen-bond donors (Lipinski definition) is 1. The summed E-state index contributed by atoms with van der Waals surface area (Å²) < 4.78 is 13.2. The van der Waals surface area contributed by atoms with E-state index in [1.54, 1.807) is 41.3 Å². The number of anilines is 2. The molecule has 8 heteroatoms. The highest BCUT2D eigenvalue weighted by Crippen LogP contribution is 2.31. The van der Waals surface area contributed by atoms with Gasteiger partial charge in [-0.25, -0.2) is 4.39 Å². The number of carbonyl (C=O) groups is 3. The lowest BCUT2D eigenvalue weighted by molar-refractivity contribution is -0.313. The third kappa shape index (κ3) is 5.16. The highest BCUT2D eigenvalue weighted by atomic mass is 19.1. The predicted molar refractivity (Wildman–Crippen MR) is 120 cm³/mol. The van der Waals surface area contributed by atoms with Crippen LogP contribution in [-0.4, -0.2) is 48.9 Å². The van der Waals surface area contributed by atoms with Gasteiger partial charge in [-0.2, -0.15) is 0 Å². The number of nitrogens with zero attached hydrogens (tertiary/aromatic N) is 2. The van der Waals surface area contributed by atoms with E-state index in [2.05, 4.69) is 10.2 Å². The van der Waals surface area contributed by atoms with Gasteiger partial charge in [0.15, 0.2) is 0 Å². The standard InChI is InChI=1S/C25H28FN3O4/c26-17-9-11-18(12-10-17)28-13-15-29(16-14-28)24(31)21-7-3-4-8-22(21)27-23(30)19-5-1-2-6-20(19)25(32)33/h3-4,7-12,19-20H,1-2,5-6,13-16H2,(H,27,30)(H,32,33)/p-1/t19-,20-/m0/s1. The van der Waals surface area contributed by atoms with Crippen molar-refractivity contribution in [2.24, 2.45) is 11.8 Å². The van der Waals surface area contributed by atoms with Crippen LogP contribution in [0.2, 0.25) is 0 Å².